The van der Waals surface area contributed by atoms with Crippen molar-refractivity contribution in [1.29, 1.82) is 0 Å². The summed E-state index contributed by atoms with van der Waals surface area (Å²) in [6, 6.07) is 0. The zero-order valence-electron chi connectivity index (χ0n) is 11.4. The highest BCUT2D eigenvalue weighted by molar-refractivity contribution is 7.99. The molecule has 2 heterocycles. The molecule has 0 saturated carbocycles. The van der Waals surface area contributed by atoms with E-state index in [-0.39, 0.29) is 11.7 Å². The number of thioether (sulfide) groups is 1. The van der Waals surface area contributed by atoms with E-state index >= 15 is 0 Å². The summed E-state index contributed by atoms with van der Waals surface area (Å²) in [5.41, 5.74) is -0.385. The van der Waals surface area contributed by atoms with Crippen molar-refractivity contribution in [2.24, 2.45) is 0 Å². The van der Waals surface area contributed by atoms with E-state index in [1.54, 1.807) is 7.11 Å². The van der Waals surface area contributed by atoms with Gasteiger partial charge in [-0.15, -0.1) is 0 Å². The zero-order chi connectivity index (χ0) is 13.9. The van der Waals surface area contributed by atoms with Crippen LogP contribution in [0, 0.1) is 0 Å². The van der Waals surface area contributed by atoms with Gasteiger partial charge in [-0.2, -0.15) is 4.37 Å². The molecule has 6 nitrogen and oxygen atoms in total. The third kappa shape index (κ3) is 4.11. The van der Waals surface area contributed by atoms with Gasteiger partial charge in [-0.3, -0.25) is 0 Å². The molecule has 0 spiro atoms. The molecule has 19 heavy (non-hydrogen) atoms. The lowest BCUT2D eigenvalue weighted by molar-refractivity contribution is -0.139. The second-order valence-corrected chi connectivity index (χ2v) is 6.10. The average molecular weight is 306 g/mol. The molecule has 2 atom stereocenters. The van der Waals surface area contributed by atoms with Crippen LogP contribution in [0.4, 0.5) is 0 Å². The number of rotatable bonds is 6. The minimum Gasteiger partial charge on any atom is -0.347 e. The molecule has 8 heteroatoms. The van der Waals surface area contributed by atoms with Crippen LogP contribution in [0.3, 0.4) is 0 Å². The van der Waals surface area contributed by atoms with E-state index in [1.807, 2.05) is 20.8 Å². The second kappa shape index (κ2) is 6.47. The van der Waals surface area contributed by atoms with Crippen LogP contribution in [0.25, 0.3) is 0 Å². The molecule has 0 bridgehead atoms. The van der Waals surface area contributed by atoms with Crippen molar-refractivity contribution in [3.63, 3.8) is 0 Å². The van der Waals surface area contributed by atoms with Crippen molar-refractivity contribution in [1.82, 2.24) is 9.36 Å². The lowest BCUT2D eigenvalue weighted by Crippen LogP contribution is -2.19. The molecule has 1 aromatic rings. The molecule has 0 N–H and O–H groups in total. The lowest BCUT2D eigenvalue weighted by atomic mass is 10.4. The lowest BCUT2D eigenvalue weighted by Gasteiger charge is -2.15. The van der Waals surface area contributed by atoms with Gasteiger partial charge in [0.2, 0.25) is 10.8 Å². The Hall–Kier alpha value is -0.250. The fraction of sp³-hybridized carbons (Fsp3) is 0.818. The molecule has 0 aliphatic carbocycles. The van der Waals surface area contributed by atoms with Crippen LogP contribution in [0.5, 0.6) is 0 Å². The molecular formula is C11H18N2O4S2. The number of hydrogen-bond donors (Lipinski definition) is 0. The molecule has 0 radical (unpaired) electrons. The summed E-state index contributed by atoms with van der Waals surface area (Å²) in [5.74, 6) is -0.552. The first-order chi connectivity index (χ1) is 9.04. The van der Waals surface area contributed by atoms with Gasteiger partial charge in [0.05, 0.1) is 6.61 Å². The van der Waals surface area contributed by atoms with Crippen molar-refractivity contribution in [2.75, 3.05) is 20.3 Å². The van der Waals surface area contributed by atoms with E-state index in [1.165, 1.54) is 23.3 Å². The fourth-order valence-electron chi connectivity index (χ4n) is 1.58. The molecular weight excluding hydrogens is 288 g/mol. The predicted molar refractivity (Wildman–Crippen MR) is 72.0 cm³/mol. The van der Waals surface area contributed by atoms with E-state index in [9.17, 15) is 0 Å². The maximum Gasteiger partial charge on any atom is 0.214 e. The maximum absolute atomic E-state index is 5.74. The summed E-state index contributed by atoms with van der Waals surface area (Å²) < 4.78 is 26.1. The third-order valence-electron chi connectivity index (χ3n) is 2.40. The maximum atomic E-state index is 5.74. The Balaban J connectivity index is 1.95. The second-order valence-electron chi connectivity index (χ2n) is 4.33. The van der Waals surface area contributed by atoms with Gasteiger partial charge in [0.25, 0.3) is 0 Å². The highest BCUT2D eigenvalue weighted by Gasteiger charge is 2.35. The van der Waals surface area contributed by atoms with Gasteiger partial charge in [0, 0.05) is 13.7 Å². The fourth-order valence-corrected chi connectivity index (χ4v) is 3.12. The number of nitrogens with zero attached hydrogens (tertiary/aromatic N) is 2. The largest absolute Gasteiger partial charge is 0.347 e. The summed E-state index contributed by atoms with van der Waals surface area (Å²) in [7, 11) is 1.59. The topological polar surface area (TPSA) is 62.7 Å². The molecule has 2 unspecified atom stereocenters. The molecule has 0 aromatic carbocycles. The van der Waals surface area contributed by atoms with E-state index in [4.69, 9.17) is 18.9 Å². The molecule has 1 saturated heterocycles. The average Bonchev–Trinajstić information content (AvgIpc) is 2.95. The summed E-state index contributed by atoms with van der Waals surface area (Å²) in [4.78, 5) is 4.43. The van der Waals surface area contributed by atoms with E-state index < -0.39 is 5.79 Å². The number of methoxy groups -OCH3 is 1. The Kier molecular flexibility index (Phi) is 5.15. The molecule has 1 aliphatic heterocycles. The summed E-state index contributed by atoms with van der Waals surface area (Å²) in [6.07, 6.45) is -0.144. The minimum absolute atomic E-state index is 0.144. The van der Waals surface area contributed by atoms with Gasteiger partial charge in [0.15, 0.2) is 5.79 Å². The van der Waals surface area contributed by atoms with Gasteiger partial charge in [-0.1, -0.05) is 0 Å². The third-order valence-corrected chi connectivity index (χ3v) is 4.24. The smallest absolute Gasteiger partial charge is 0.214 e. The van der Waals surface area contributed by atoms with Crippen LogP contribution in [0.15, 0.2) is 5.16 Å². The summed E-state index contributed by atoms with van der Waals surface area (Å²) in [5, 5.41) is 1.45. The molecule has 1 fully saturated rings. The SMILES string of the molecule is CCOC(OC)Sc1nsc(C2COC(C)(C)O2)n1. The monoisotopic (exact) mass is 306 g/mol. The van der Waals surface area contributed by atoms with Gasteiger partial charge in [-0.25, -0.2) is 4.98 Å². The number of hydrogen-bond acceptors (Lipinski definition) is 8. The Morgan fingerprint density at radius 1 is 1.58 bits per heavy atom. The van der Waals surface area contributed by atoms with Gasteiger partial charge >= 0.3 is 0 Å². The number of ether oxygens (including phenoxy) is 4. The summed E-state index contributed by atoms with van der Waals surface area (Å²) >= 11 is 2.66. The quantitative estimate of drug-likeness (QED) is 0.591. The molecule has 1 aliphatic rings. The Labute approximate surface area is 121 Å². The highest BCUT2D eigenvalue weighted by atomic mass is 32.2. The molecule has 108 valence electrons. The van der Waals surface area contributed by atoms with Crippen LogP contribution in [-0.4, -0.2) is 41.1 Å². The van der Waals surface area contributed by atoms with Crippen molar-refractivity contribution in [3.05, 3.63) is 5.01 Å². The van der Waals surface area contributed by atoms with E-state index in [0.717, 1.165) is 5.01 Å². The van der Waals surface area contributed by atoms with Crippen LogP contribution in [0.2, 0.25) is 0 Å². The number of aromatic nitrogens is 2. The van der Waals surface area contributed by atoms with Crippen LogP contribution in [0.1, 0.15) is 31.9 Å². The van der Waals surface area contributed by atoms with Gasteiger partial charge in [0.1, 0.15) is 11.1 Å². The first-order valence-electron chi connectivity index (χ1n) is 6.00. The van der Waals surface area contributed by atoms with Crippen molar-refractivity contribution >= 4 is 23.3 Å². The van der Waals surface area contributed by atoms with E-state index in [0.29, 0.717) is 18.4 Å². The first-order valence-corrected chi connectivity index (χ1v) is 7.66. The summed E-state index contributed by atoms with van der Waals surface area (Å²) in [6.45, 7) is 6.78. The highest BCUT2D eigenvalue weighted by Crippen LogP contribution is 2.35. The molecule has 0 amide bonds. The Morgan fingerprint density at radius 3 is 2.95 bits per heavy atom. The minimum atomic E-state index is -0.552. The van der Waals surface area contributed by atoms with Crippen LogP contribution < -0.4 is 0 Å². The molecule has 2 rings (SSSR count). The van der Waals surface area contributed by atoms with Crippen LogP contribution in [-0.2, 0) is 18.9 Å². The standard InChI is InChI=1S/C11H18N2O4S2/c1-5-15-10(14-4)18-9-12-8(19-13-9)7-6-16-11(2,3)17-7/h7,10H,5-6H2,1-4H3. The van der Waals surface area contributed by atoms with Crippen molar-refractivity contribution in [2.45, 2.75) is 43.4 Å². The first kappa shape index (κ1) is 15.1. The van der Waals surface area contributed by atoms with E-state index in [2.05, 4.69) is 9.36 Å². The van der Waals surface area contributed by atoms with Gasteiger partial charge in [-0.05, 0) is 44.1 Å². The Morgan fingerprint density at radius 2 is 2.37 bits per heavy atom. The Bertz CT molecular complexity index is 413. The normalized spacial score (nSPS) is 23.7. The predicted octanol–water partition coefficient (Wildman–Crippen LogP) is 2.42. The zero-order valence-corrected chi connectivity index (χ0v) is 13.0. The van der Waals surface area contributed by atoms with Crippen molar-refractivity contribution < 1.29 is 18.9 Å². The van der Waals surface area contributed by atoms with Gasteiger partial charge < -0.3 is 18.9 Å². The van der Waals surface area contributed by atoms with Crippen LogP contribution >= 0.6 is 23.3 Å². The molecule has 1 aromatic heterocycles. The van der Waals surface area contributed by atoms with Crippen molar-refractivity contribution in [3.8, 4) is 0 Å².